The van der Waals surface area contributed by atoms with Gasteiger partial charge in [-0.05, 0) is 50.5 Å². The zero-order chi connectivity index (χ0) is 25.9. The van der Waals surface area contributed by atoms with Gasteiger partial charge in [-0.2, -0.15) is 0 Å². The second-order valence-corrected chi connectivity index (χ2v) is 9.43. The highest BCUT2D eigenvalue weighted by molar-refractivity contribution is 7.99. The van der Waals surface area contributed by atoms with Crippen molar-refractivity contribution in [2.24, 2.45) is 5.92 Å². The van der Waals surface area contributed by atoms with Crippen LogP contribution in [-0.4, -0.2) is 51.7 Å². The number of H-pyrrole nitrogens is 1. The molecule has 9 nitrogen and oxygen atoms in total. The van der Waals surface area contributed by atoms with Gasteiger partial charge in [0.2, 0.25) is 0 Å². The minimum absolute atomic E-state index is 0.00417. The second-order valence-electron chi connectivity index (χ2n) is 8.48. The van der Waals surface area contributed by atoms with E-state index in [1.165, 1.54) is 19.2 Å². The summed E-state index contributed by atoms with van der Waals surface area (Å²) in [5.41, 5.74) is 2.16. The Morgan fingerprint density at radius 2 is 1.89 bits per heavy atom. The van der Waals surface area contributed by atoms with Crippen molar-refractivity contribution in [3.63, 3.8) is 0 Å². The fourth-order valence-corrected chi connectivity index (χ4v) is 4.70. The molecule has 3 rings (SSSR count). The first kappa shape index (κ1) is 26.2. The number of nitrogens with zero attached hydrogens (tertiary/aromatic N) is 2. The van der Waals surface area contributed by atoms with Crippen LogP contribution in [-0.2, 0) is 16.0 Å². The van der Waals surface area contributed by atoms with Crippen LogP contribution in [0.5, 0.6) is 0 Å². The molecular weight excluding hydrogens is 470 g/mol. The van der Waals surface area contributed by atoms with Crippen molar-refractivity contribution in [2.45, 2.75) is 46.3 Å². The smallest absolute Gasteiger partial charge is 0.340 e. The number of esters is 2. The van der Waals surface area contributed by atoms with Gasteiger partial charge in [0.25, 0.3) is 5.56 Å². The van der Waals surface area contributed by atoms with Gasteiger partial charge in [-0.15, -0.1) is 0 Å². The van der Waals surface area contributed by atoms with E-state index in [1.54, 1.807) is 31.4 Å². The molecule has 1 aromatic carbocycles. The minimum atomic E-state index is -0.528. The third-order valence-corrected chi connectivity index (χ3v) is 6.39. The van der Waals surface area contributed by atoms with E-state index >= 15 is 0 Å². The number of Topliss-reactive ketones (excluding diaryl/α,β-unsaturated/α-hetero) is 1. The van der Waals surface area contributed by atoms with Crippen LogP contribution in [0, 0.1) is 19.8 Å². The van der Waals surface area contributed by atoms with Gasteiger partial charge < -0.3 is 14.5 Å². The van der Waals surface area contributed by atoms with Crippen molar-refractivity contribution in [1.82, 2.24) is 14.5 Å². The van der Waals surface area contributed by atoms with Gasteiger partial charge in [-0.1, -0.05) is 25.6 Å². The Hall–Kier alpha value is -3.40. The summed E-state index contributed by atoms with van der Waals surface area (Å²) < 4.78 is 11.4. The van der Waals surface area contributed by atoms with Crippen molar-refractivity contribution in [2.75, 3.05) is 19.5 Å². The lowest BCUT2D eigenvalue weighted by Crippen LogP contribution is -2.26. The Balaban J connectivity index is 1.97. The molecule has 0 unspecified atom stereocenters. The third-order valence-electron chi connectivity index (χ3n) is 5.42. The van der Waals surface area contributed by atoms with Gasteiger partial charge in [0.05, 0.1) is 47.2 Å². The third kappa shape index (κ3) is 5.48. The zero-order valence-electron chi connectivity index (χ0n) is 20.7. The highest BCUT2D eigenvalue weighted by Gasteiger charge is 2.24. The highest BCUT2D eigenvalue weighted by Crippen LogP contribution is 2.24. The summed E-state index contributed by atoms with van der Waals surface area (Å²) in [5.74, 6) is -1.08. The molecule has 3 aromatic rings. The molecule has 35 heavy (non-hydrogen) atoms. The van der Waals surface area contributed by atoms with E-state index < -0.39 is 11.9 Å². The number of carbonyl (C=O) groups excluding carboxylic acids is 3. The molecule has 2 heterocycles. The number of hydrogen-bond acceptors (Lipinski definition) is 8. The van der Waals surface area contributed by atoms with Crippen molar-refractivity contribution < 1.29 is 23.9 Å². The predicted molar refractivity (Wildman–Crippen MR) is 133 cm³/mol. The number of methoxy groups -OCH3 is 1. The Labute approximate surface area is 207 Å². The number of rotatable bonds is 9. The summed E-state index contributed by atoms with van der Waals surface area (Å²) >= 11 is 1.13. The molecule has 0 saturated carbocycles. The number of ether oxygens (including phenoxy) is 2. The zero-order valence-corrected chi connectivity index (χ0v) is 21.5. The maximum absolute atomic E-state index is 13.2. The summed E-state index contributed by atoms with van der Waals surface area (Å²) in [7, 11) is 1.28. The van der Waals surface area contributed by atoms with E-state index in [1.807, 2.05) is 13.8 Å². The number of aromatic amines is 1. The standard InChI is InChI=1S/C25H29N3O6S/c1-7-34-24(32)20-14(4)21(26-15(20)5)19(29)12-35-25-27-18-10-16(23(31)33-6)8-9-17(18)22(30)28(25)11-13(2)3/h8-10,13,26H,7,11-12H2,1-6H3. The number of fused-ring (bicyclic) bond motifs is 1. The topological polar surface area (TPSA) is 120 Å². The number of hydrogen-bond donors (Lipinski definition) is 1. The van der Waals surface area contributed by atoms with E-state index in [0.29, 0.717) is 45.1 Å². The molecule has 0 radical (unpaired) electrons. The van der Waals surface area contributed by atoms with Crippen molar-refractivity contribution in [1.29, 1.82) is 0 Å². The highest BCUT2D eigenvalue weighted by atomic mass is 32.2. The molecule has 0 aliphatic rings. The summed E-state index contributed by atoms with van der Waals surface area (Å²) in [5, 5.41) is 0.752. The molecule has 2 aromatic heterocycles. The quantitative estimate of drug-likeness (QED) is 0.203. The Morgan fingerprint density at radius 1 is 1.17 bits per heavy atom. The van der Waals surface area contributed by atoms with Crippen molar-refractivity contribution in [3.8, 4) is 0 Å². The minimum Gasteiger partial charge on any atom is -0.465 e. The fourth-order valence-electron chi connectivity index (χ4n) is 3.82. The lowest BCUT2D eigenvalue weighted by atomic mass is 10.1. The van der Waals surface area contributed by atoms with E-state index in [2.05, 4.69) is 9.97 Å². The first-order valence-electron chi connectivity index (χ1n) is 11.2. The van der Waals surface area contributed by atoms with Crippen LogP contribution in [0.3, 0.4) is 0 Å². The van der Waals surface area contributed by atoms with E-state index in [9.17, 15) is 19.2 Å². The summed E-state index contributed by atoms with van der Waals surface area (Å²) in [6.45, 7) is 9.76. The Bertz CT molecular complexity index is 1360. The molecule has 186 valence electrons. The van der Waals surface area contributed by atoms with Crippen molar-refractivity contribution >= 4 is 40.4 Å². The Kier molecular flexibility index (Phi) is 8.16. The van der Waals surface area contributed by atoms with Gasteiger partial charge in [0.15, 0.2) is 10.9 Å². The van der Waals surface area contributed by atoms with Gasteiger partial charge in [0.1, 0.15) is 0 Å². The number of benzene rings is 1. The van der Waals surface area contributed by atoms with Crippen LogP contribution in [0.2, 0.25) is 0 Å². The molecule has 0 amide bonds. The van der Waals surface area contributed by atoms with Crippen LogP contribution in [0.4, 0.5) is 0 Å². The lowest BCUT2D eigenvalue weighted by Gasteiger charge is -2.15. The monoisotopic (exact) mass is 499 g/mol. The van der Waals surface area contributed by atoms with Gasteiger partial charge in [-0.3, -0.25) is 14.2 Å². The van der Waals surface area contributed by atoms with Gasteiger partial charge in [-0.25, -0.2) is 14.6 Å². The van der Waals surface area contributed by atoms with Crippen LogP contribution in [0.1, 0.15) is 63.2 Å². The Morgan fingerprint density at radius 3 is 2.51 bits per heavy atom. The van der Waals surface area contributed by atoms with E-state index in [4.69, 9.17) is 9.47 Å². The van der Waals surface area contributed by atoms with Crippen LogP contribution in [0.25, 0.3) is 10.9 Å². The molecule has 10 heteroatoms. The SMILES string of the molecule is CCOC(=O)c1c(C)[nH]c(C(=O)CSc2nc3cc(C(=O)OC)ccc3c(=O)n2CC(C)C)c1C. The van der Waals surface area contributed by atoms with Crippen LogP contribution < -0.4 is 5.56 Å². The molecule has 1 N–H and O–H groups in total. The number of nitrogens with one attached hydrogen (secondary N) is 1. The fraction of sp³-hybridized carbons (Fsp3) is 0.400. The molecule has 0 bridgehead atoms. The van der Waals surface area contributed by atoms with Gasteiger partial charge >= 0.3 is 11.9 Å². The first-order chi connectivity index (χ1) is 16.6. The summed E-state index contributed by atoms with van der Waals surface area (Å²) in [6, 6.07) is 4.61. The van der Waals surface area contributed by atoms with Crippen LogP contribution >= 0.6 is 11.8 Å². The number of aryl methyl sites for hydroxylation is 1. The number of aromatic nitrogens is 3. The molecule has 0 saturated heterocycles. The maximum atomic E-state index is 13.2. The van der Waals surface area contributed by atoms with Crippen LogP contribution in [0.15, 0.2) is 28.2 Å². The molecule has 0 aliphatic heterocycles. The maximum Gasteiger partial charge on any atom is 0.340 e. The van der Waals surface area contributed by atoms with E-state index in [0.717, 1.165) is 11.8 Å². The largest absolute Gasteiger partial charge is 0.465 e. The number of ketones is 1. The van der Waals surface area contributed by atoms with Gasteiger partial charge in [0, 0.05) is 12.2 Å². The normalized spacial score (nSPS) is 11.2. The molecule has 0 spiro atoms. The first-order valence-corrected chi connectivity index (χ1v) is 12.2. The molecular formula is C25H29N3O6S. The lowest BCUT2D eigenvalue weighted by molar-refractivity contribution is 0.0524. The number of carbonyl (C=O) groups is 3. The van der Waals surface area contributed by atoms with E-state index in [-0.39, 0.29) is 35.2 Å². The average Bonchev–Trinajstić information content (AvgIpc) is 3.12. The summed E-state index contributed by atoms with van der Waals surface area (Å²) in [4.78, 5) is 58.1. The molecule has 0 aliphatic carbocycles. The summed E-state index contributed by atoms with van der Waals surface area (Å²) in [6.07, 6.45) is 0. The van der Waals surface area contributed by atoms with Crippen molar-refractivity contribution in [3.05, 3.63) is 56.6 Å². The second kappa shape index (κ2) is 10.9. The molecule has 0 fully saturated rings. The molecule has 0 atom stereocenters. The number of thioether (sulfide) groups is 1. The predicted octanol–water partition coefficient (Wildman–Crippen LogP) is 3.94. The average molecular weight is 500 g/mol.